The van der Waals surface area contributed by atoms with E-state index in [2.05, 4.69) is 0 Å². The maximum absolute atomic E-state index is 11.3. The molecule has 0 aliphatic carbocycles. The Morgan fingerprint density at radius 3 is 1.92 bits per heavy atom. The highest BCUT2D eigenvalue weighted by Crippen LogP contribution is 2.06. The van der Waals surface area contributed by atoms with E-state index in [4.69, 9.17) is 0 Å². The van der Waals surface area contributed by atoms with Crippen molar-refractivity contribution in [2.45, 2.75) is 27.7 Å². The summed E-state index contributed by atoms with van der Waals surface area (Å²) in [5.41, 5.74) is 0.808. The first-order chi connectivity index (χ1) is 6.22. The van der Waals surface area contributed by atoms with Gasteiger partial charge in [-0.25, -0.2) is 0 Å². The van der Waals surface area contributed by atoms with Gasteiger partial charge >= 0.3 is 0 Å². The molecule has 0 unspecified atom stereocenters. The maximum Gasteiger partial charge on any atom is 0.165 e. The Morgan fingerprint density at radius 1 is 1.08 bits per heavy atom. The summed E-state index contributed by atoms with van der Waals surface area (Å²) >= 11 is 0. The molecule has 1 heteroatoms. The van der Waals surface area contributed by atoms with Gasteiger partial charge in [-0.1, -0.05) is 58.0 Å². The van der Waals surface area contributed by atoms with Crippen LogP contribution in [0.25, 0.3) is 0 Å². The number of carbonyl (C=O) groups excluding carboxylic acids is 1. The number of hydrogen-bond acceptors (Lipinski definition) is 1. The first-order valence-electron chi connectivity index (χ1n) is 4.81. The van der Waals surface area contributed by atoms with Crippen molar-refractivity contribution in [2.75, 3.05) is 0 Å². The van der Waals surface area contributed by atoms with E-state index in [0.717, 1.165) is 5.56 Å². The lowest BCUT2D eigenvalue weighted by atomic mass is 10.0. The molecule has 0 spiro atoms. The Labute approximate surface area is 80.8 Å². The van der Waals surface area contributed by atoms with E-state index in [1.807, 2.05) is 58.0 Å². The predicted octanol–water partition coefficient (Wildman–Crippen LogP) is 3.55. The van der Waals surface area contributed by atoms with Gasteiger partial charge in [0, 0.05) is 11.5 Å². The van der Waals surface area contributed by atoms with Crippen molar-refractivity contribution < 1.29 is 4.79 Å². The van der Waals surface area contributed by atoms with E-state index >= 15 is 0 Å². The summed E-state index contributed by atoms with van der Waals surface area (Å²) in [5.74, 6) is 0.308. The third-order valence-corrected chi connectivity index (χ3v) is 1.58. The van der Waals surface area contributed by atoms with E-state index in [1.54, 1.807) is 0 Å². The lowest BCUT2D eigenvalue weighted by molar-refractivity contribution is 0.0939. The van der Waals surface area contributed by atoms with E-state index < -0.39 is 0 Å². The molecule has 1 aromatic carbocycles. The van der Waals surface area contributed by atoms with Crippen LogP contribution in [0.2, 0.25) is 0 Å². The molecule has 13 heavy (non-hydrogen) atoms. The molecule has 0 atom stereocenters. The summed E-state index contributed by atoms with van der Waals surface area (Å²) in [7, 11) is 0. The number of Topliss-reactive ketones (excluding diaryl/α,β-unsaturated/α-hetero) is 1. The number of ketones is 1. The van der Waals surface area contributed by atoms with Crippen LogP contribution in [0.15, 0.2) is 30.3 Å². The number of hydrogen-bond donors (Lipinski definition) is 0. The molecule has 0 radical (unpaired) electrons. The largest absolute Gasteiger partial charge is 0.294 e. The molecule has 0 saturated carbocycles. The number of rotatable bonds is 2. The molecule has 72 valence electrons. The fourth-order valence-corrected chi connectivity index (χ4v) is 0.936. The highest BCUT2D eigenvalue weighted by Gasteiger charge is 2.08. The molecule has 0 N–H and O–H groups in total. The van der Waals surface area contributed by atoms with E-state index in [1.165, 1.54) is 0 Å². The highest BCUT2D eigenvalue weighted by atomic mass is 16.1. The summed E-state index contributed by atoms with van der Waals surface area (Å²) in [6, 6.07) is 9.38. The van der Waals surface area contributed by atoms with Gasteiger partial charge in [0.1, 0.15) is 0 Å². The zero-order valence-electron chi connectivity index (χ0n) is 8.87. The monoisotopic (exact) mass is 178 g/mol. The van der Waals surface area contributed by atoms with Crippen LogP contribution in [0.3, 0.4) is 0 Å². The number of benzene rings is 1. The van der Waals surface area contributed by atoms with E-state index in [9.17, 15) is 4.79 Å². The van der Waals surface area contributed by atoms with Gasteiger partial charge in [0.05, 0.1) is 0 Å². The molecule has 0 fully saturated rings. The third-order valence-electron chi connectivity index (χ3n) is 1.58. The average molecular weight is 178 g/mol. The van der Waals surface area contributed by atoms with Crippen molar-refractivity contribution in [1.82, 2.24) is 0 Å². The van der Waals surface area contributed by atoms with Gasteiger partial charge in [-0.05, 0) is 0 Å². The Hall–Kier alpha value is -1.11. The molecular weight excluding hydrogens is 160 g/mol. The fraction of sp³-hybridized carbons (Fsp3) is 0.417. The first-order valence-corrected chi connectivity index (χ1v) is 4.81. The molecule has 0 aliphatic heterocycles. The lowest BCUT2D eigenvalue weighted by Crippen LogP contribution is -2.06. The first kappa shape index (κ1) is 11.9. The van der Waals surface area contributed by atoms with Crippen LogP contribution >= 0.6 is 0 Å². The molecule has 1 rings (SSSR count). The Bertz CT molecular complexity index is 237. The second-order valence-corrected chi connectivity index (χ2v) is 2.88. The van der Waals surface area contributed by atoms with Crippen LogP contribution in [-0.2, 0) is 0 Å². The van der Waals surface area contributed by atoms with Gasteiger partial charge < -0.3 is 0 Å². The minimum absolute atomic E-state index is 0.0948. The maximum atomic E-state index is 11.3. The molecule has 0 aromatic heterocycles. The smallest absolute Gasteiger partial charge is 0.165 e. The molecule has 0 aliphatic rings. The van der Waals surface area contributed by atoms with Crippen LogP contribution in [-0.4, -0.2) is 5.78 Å². The van der Waals surface area contributed by atoms with Gasteiger partial charge in [0.15, 0.2) is 5.78 Å². The van der Waals surface area contributed by atoms with Gasteiger partial charge in [-0.3, -0.25) is 4.79 Å². The SMILES string of the molecule is CC.CC(C)C(=O)c1ccccc1. The van der Waals surface area contributed by atoms with Crippen molar-refractivity contribution in [1.29, 1.82) is 0 Å². The normalized spacial score (nSPS) is 9.00. The molecule has 0 amide bonds. The second-order valence-electron chi connectivity index (χ2n) is 2.88. The summed E-state index contributed by atoms with van der Waals surface area (Å²) in [4.78, 5) is 11.3. The fourth-order valence-electron chi connectivity index (χ4n) is 0.936. The van der Waals surface area contributed by atoms with Gasteiger partial charge in [0.2, 0.25) is 0 Å². The second kappa shape index (κ2) is 6.41. The van der Waals surface area contributed by atoms with Gasteiger partial charge in [-0.2, -0.15) is 0 Å². The molecule has 0 saturated heterocycles. The summed E-state index contributed by atoms with van der Waals surface area (Å²) in [5, 5.41) is 0. The lowest BCUT2D eigenvalue weighted by Gasteiger charge is -2.01. The van der Waals surface area contributed by atoms with Crippen molar-refractivity contribution >= 4 is 5.78 Å². The van der Waals surface area contributed by atoms with Gasteiger partial charge in [-0.15, -0.1) is 0 Å². The standard InChI is InChI=1S/C10H12O.C2H6/c1-8(2)10(11)9-6-4-3-5-7-9;1-2/h3-8H,1-2H3;1-2H3. The van der Waals surface area contributed by atoms with Crippen LogP contribution in [0.4, 0.5) is 0 Å². The molecule has 0 heterocycles. The minimum Gasteiger partial charge on any atom is -0.294 e. The van der Waals surface area contributed by atoms with Crippen molar-refractivity contribution in [2.24, 2.45) is 5.92 Å². The molecule has 0 bridgehead atoms. The van der Waals surface area contributed by atoms with Crippen molar-refractivity contribution in [3.05, 3.63) is 35.9 Å². The zero-order chi connectivity index (χ0) is 10.3. The van der Waals surface area contributed by atoms with Crippen molar-refractivity contribution in [3.8, 4) is 0 Å². The van der Waals surface area contributed by atoms with Crippen LogP contribution in [0, 0.1) is 5.92 Å². The molecule has 1 nitrogen and oxygen atoms in total. The summed E-state index contributed by atoms with van der Waals surface area (Å²) in [6.45, 7) is 7.82. The third kappa shape index (κ3) is 3.88. The predicted molar refractivity (Wildman–Crippen MR) is 57.0 cm³/mol. The van der Waals surface area contributed by atoms with Crippen LogP contribution < -0.4 is 0 Å². The quantitative estimate of drug-likeness (QED) is 0.633. The highest BCUT2D eigenvalue weighted by molar-refractivity contribution is 5.97. The zero-order valence-corrected chi connectivity index (χ0v) is 8.87. The minimum atomic E-state index is 0.0948. The number of carbonyl (C=O) groups is 1. The van der Waals surface area contributed by atoms with Crippen LogP contribution in [0.5, 0.6) is 0 Å². The average Bonchev–Trinajstić information content (AvgIpc) is 2.21. The summed E-state index contributed by atoms with van der Waals surface area (Å²) < 4.78 is 0. The summed E-state index contributed by atoms with van der Waals surface area (Å²) in [6.07, 6.45) is 0. The van der Waals surface area contributed by atoms with Crippen molar-refractivity contribution in [3.63, 3.8) is 0 Å². The Balaban J connectivity index is 0.000000671. The van der Waals surface area contributed by atoms with Crippen LogP contribution in [0.1, 0.15) is 38.1 Å². The van der Waals surface area contributed by atoms with Gasteiger partial charge in [0.25, 0.3) is 0 Å². The molecule has 1 aromatic rings. The van der Waals surface area contributed by atoms with E-state index in [0.29, 0.717) is 0 Å². The Kier molecular flexibility index (Phi) is 5.86. The van der Waals surface area contributed by atoms with E-state index in [-0.39, 0.29) is 11.7 Å². The topological polar surface area (TPSA) is 17.1 Å². The Morgan fingerprint density at radius 2 is 1.54 bits per heavy atom. The molecular formula is C12H18O.